The van der Waals surface area contributed by atoms with Crippen molar-refractivity contribution in [2.24, 2.45) is 5.92 Å². The van der Waals surface area contributed by atoms with Gasteiger partial charge in [0, 0.05) is 25.7 Å². The maximum Gasteiger partial charge on any atom is 0.270 e. The average molecular weight is 554 g/mol. The van der Waals surface area contributed by atoms with Gasteiger partial charge in [-0.3, -0.25) is 29.0 Å². The van der Waals surface area contributed by atoms with Crippen LogP contribution in [-0.2, 0) is 19.2 Å². The Balaban J connectivity index is 1.81. The molecule has 2 saturated heterocycles. The van der Waals surface area contributed by atoms with Gasteiger partial charge in [-0.1, -0.05) is 19.9 Å². The molecule has 1 aromatic heterocycles. The van der Waals surface area contributed by atoms with E-state index in [1.807, 2.05) is 19.9 Å². The maximum absolute atomic E-state index is 13.4. The van der Waals surface area contributed by atoms with Crippen molar-refractivity contribution in [3.05, 3.63) is 30.1 Å². The molecular formula is C28H39N7O5. The van der Waals surface area contributed by atoms with Crippen molar-refractivity contribution in [3.63, 3.8) is 0 Å². The van der Waals surface area contributed by atoms with Crippen LogP contribution in [-0.4, -0.2) is 76.7 Å². The number of fused-ring (bicyclic) bond motifs is 1. The fourth-order valence-electron chi connectivity index (χ4n) is 4.97. The molecule has 2 fully saturated rings. The summed E-state index contributed by atoms with van der Waals surface area (Å²) in [5, 5.41) is 20.7. The number of nitrogens with zero attached hydrogens (tertiary/aromatic N) is 3. The van der Waals surface area contributed by atoms with E-state index in [-0.39, 0.29) is 42.7 Å². The number of carbonyl (C=O) groups excluding carboxylic acids is 5. The monoisotopic (exact) mass is 553 g/mol. The van der Waals surface area contributed by atoms with E-state index in [9.17, 15) is 29.2 Å². The lowest BCUT2D eigenvalue weighted by atomic mass is 10.0. The molecule has 40 heavy (non-hydrogen) atoms. The molecule has 0 aromatic carbocycles. The number of pyridine rings is 1. The van der Waals surface area contributed by atoms with Gasteiger partial charge in [0.25, 0.3) is 5.91 Å². The van der Waals surface area contributed by atoms with Gasteiger partial charge in [-0.05, 0) is 63.0 Å². The van der Waals surface area contributed by atoms with Crippen LogP contribution in [0.1, 0.15) is 75.7 Å². The zero-order valence-electron chi connectivity index (χ0n) is 23.2. The van der Waals surface area contributed by atoms with Crippen LogP contribution in [0.15, 0.2) is 24.4 Å². The molecule has 2 aliphatic rings. The Bertz CT molecular complexity index is 1100. The van der Waals surface area contributed by atoms with Crippen molar-refractivity contribution in [1.82, 2.24) is 31.2 Å². The number of hydrogen-bond donors (Lipinski definition) is 4. The second-order valence-corrected chi connectivity index (χ2v) is 10.7. The summed E-state index contributed by atoms with van der Waals surface area (Å²) >= 11 is 0. The Labute approximate surface area is 234 Å². The largest absolute Gasteiger partial charge is 0.354 e. The molecule has 216 valence electrons. The molecule has 1 aromatic rings. The Morgan fingerprint density at radius 3 is 2.58 bits per heavy atom. The molecule has 0 aliphatic carbocycles. The summed E-state index contributed by atoms with van der Waals surface area (Å²) in [7, 11) is 0. The van der Waals surface area contributed by atoms with E-state index < -0.39 is 41.9 Å². The molecule has 0 spiro atoms. The fourth-order valence-corrected chi connectivity index (χ4v) is 4.97. The number of nitriles is 1. The minimum absolute atomic E-state index is 0.00508. The van der Waals surface area contributed by atoms with Crippen LogP contribution in [0.2, 0.25) is 0 Å². The Hall–Kier alpha value is -4.01. The average Bonchev–Trinajstić information content (AvgIpc) is 3.43. The topological polar surface area (TPSA) is 173 Å². The van der Waals surface area contributed by atoms with Crippen molar-refractivity contribution in [3.8, 4) is 6.07 Å². The van der Waals surface area contributed by atoms with Crippen LogP contribution in [0, 0.1) is 17.2 Å². The highest BCUT2D eigenvalue weighted by Crippen LogP contribution is 2.20. The Morgan fingerprint density at radius 1 is 1.07 bits per heavy atom. The van der Waals surface area contributed by atoms with E-state index in [0.717, 1.165) is 0 Å². The van der Waals surface area contributed by atoms with Gasteiger partial charge in [-0.25, -0.2) is 0 Å². The summed E-state index contributed by atoms with van der Waals surface area (Å²) in [6.07, 6.45) is 4.49. The van der Waals surface area contributed by atoms with Crippen LogP contribution in [0.4, 0.5) is 0 Å². The number of amides is 5. The molecule has 12 heteroatoms. The first-order chi connectivity index (χ1) is 19.2. The molecule has 3 heterocycles. The third-order valence-corrected chi connectivity index (χ3v) is 7.07. The van der Waals surface area contributed by atoms with Crippen LogP contribution in [0.25, 0.3) is 0 Å². The van der Waals surface area contributed by atoms with Crippen LogP contribution < -0.4 is 21.3 Å². The quantitative estimate of drug-likeness (QED) is 0.426. The van der Waals surface area contributed by atoms with Crippen molar-refractivity contribution < 1.29 is 24.0 Å². The summed E-state index contributed by atoms with van der Waals surface area (Å²) in [6, 6.07) is 3.52. The first kappa shape index (κ1) is 30.5. The lowest BCUT2D eigenvalue weighted by Crippen LogP contribution is -2.55. The molecule has 5 amide bonds. The predicted octanol–water partition coefficient (Wildman–Crippen LogP) is 0.791. The number of nitrogens with one attached hydrogen (secondary N) is 4. The highest BCUT2D eigenvalue weighted by atomic mass is 16.2. The van der Waals surface area contributed by atoms with Gasteiger partial charge in [-0.15, -0.1) is 0 Å². The number of hydrogen-bond acceptors (Lipinski definition) is 7. The summed E-state index contributed by atoms with van der Waals surface area (Å²) < 4.78 is 0. The van der Waals surface area contributed by atoms with Crippen molar-refractivity contribution >= 4 is 29.5 Å². The van der Waals surface area contributed by atoms with E-state index in [1.165, 1.54) is 12.3 Å². The molecule has 12 nitrogen and oxygen atoms in total. The molecule has 2 aliphatic heterocycles. The van der Waals surface area contributed by atoms with Crippen molar-refractivity contribution in [1.29, 1.82) is 5.26 Å². The summed E-state index contributed by atoms with van der Waals surface area (Å²) in [4.78, 5) is 70.7. The van der Waals surface area contributed by atoms with Crippen molar-refractivity contribution in [2.45, 2.75) is 89.4 Å². The van der Waals surface area contributed by atoms with Gasteiger partial charge in [0.2, 0.25) is 23.6 Å². The molecule has 0 unspecified atom stereocenters. The van der Waals surface area contributed by atoms with Crippen LogP contribution >= 0.6 is 0 Å². The van der Waals surface area contributed by atoms with Crippen LogP contribution in [0.3, 0.4) is 0 Å². The normalized spacial score (nSPS) is 25.5. The molecular weight excluding hydrogens is 514 g/mol. The molecule has 4 atom stereocenters. The summed E-state index contributed by atoms with van der Waals surface area (Å²) in [5.74, 6) is -1.99. The Kier molecular flexibility index (Phi) is 11.4. The van der Waals surface area contributed by atoms with Gasteiger partial charge in [0.15, 0.2) is 0 Å². The summed E-state index contributed by atoms with van der Waals surface area (Å²) in [5.41, 5.74) is 0.158. The molecule has 4 N–H and O–H groups in total. The number of aromatic nitrogens is 1. The van der Waals surface area contributed by atoms with Gasteiger partial charge in [0.1, 0.15) is 29.9 Å². The lowest BCUT2D eigenvalue weighted by Gasteiger charge is -2.26. The lowest BCUT2D eigenvalue weighted by molar-refractivity contribution is -0.138. The SMILES string of the molecule is CC(C)C[C@@H]1NC(=O)[C@@H](NC(=O)c2ccccn2)CCCCNC(=O)[C@H]2CCCN2C(=O)CC[C@@H](C#N)NC1=O. The van der Waals surface area contributed by atoms with Gasteiger partial charge < -0.3 is 26.2 Å². The molecule has 0 bridgehead atoms. The second-order valence-electron chi connectivity index (χ2n) is 10.7. The minimum atomic E-state index is -0.948. The Morgan fingerprint density at radius 2 is 1.88 bits per heavy atom. The number of rotatable bonds is 4. The third kappa shape index (κ3) is 8.76. The predicted molar refractivity (Wildman–Crippen MR) is 145 cm³/mol. The van der Waals surface area contributed by atoms with E-state index in [2.05, 4.69) is 26.3 Å². The fraction of sp³-hybridized carbons (Fsp3) is 0.607. The highest BCUT2D eigenvalue weighted by Gasteiger charge is 2.34. The van der Waals surface area contributed by atoms with Crippen molar-refractivity contribution in [2.75, 3.05) is 13.1 Å². The maximum atomic E-state index is 13.4. The van der Waals surface area contributed by atoms with E-state index >= 15 is 0 Å². The smallest absolute Gasteiger partial charge is 0.270 e. The number of carbonyl (C=O) groups is 5. The minimum Gasteiger partial charge on any atom is -0.354 e. The van der Waals surface area contributed by atoms with Gasteiger partial charge >= 0.3 is 0 Å². The zero-order valence-corrected chi connectivity index (χ0v) is 23.2. The van der Waals surface area contributed by atoms with Gasteiger partial charge in [0.05, 0.1) is 6.07 Å². The first-order valence-corrected chi connectivity index (χ1v) is 14.0. The standard InChI is InChI=1S/C28H39N7O5/c1-18(2)16-22-27(39)32-19(17-29)11-12-24(36)35-15-7-10-23(35)28(40)31-14-6-4-9-21(26(38)34-22)33-25(37)20-8-3-5-13-30-20/h3,5,8,13,18-19,21-23H,4,6-7,9-12,14-16H2,1-2H3,(H,31,40)(H,32,39)(H,33,37)(H,34,38)/t19-,21-,22-,23+/m0/s1. The highest BCUT2D eigenvalue weighted by molar-refractivity contribution is 5.97. The molecule has 0 radical (unpaired) electrons. The first-order valence-electron chi connectivity index (χ1n) is 14.0. The van der Waals surface area contributed by atoms with E-state index in [0.29, 0.717) is 45.2 Å². The van der Waals surface area contributed by atoms with E-state index in [1.54, 1.807) is 17.0 Å². The summed E-state index contributed by atoms with van der Waals surface area (Å²) in [6.45, 7) is 4.65. The molecule has 3 rings (SSSR count). The third-order valence-electron chi connectivity index (χ3n) is 7.07. The zero-order chi connectivity index (χ0) is 29.1. The van der Waals surface area contributed by atoms with E-state index in [4.69, 9.17) is 0 Å². The van der Waals surface area contributed by atoms with Crippen LogP contribution in [0.5, 0.6) is 0 Å². The second kappa shape index (κ2) is 15.0. The van der Waals surface area contributed by atoms with Gasteiger partial charge in [-0.2, -0.15) is 5.26 Å². The molecule has 0 saturated carbocycles.